The largest absolute Gasteiger partial charge is 0.469 e. The van der Waals surface area contributed by atoms with Crippen LogP contribution in [0.1, 0.15) is 11.3 Å². The molecular formula is C11H13N3O3S. The van der Waals surface area contributed by atoms with Gasteiger partial charge in [0, 0.05) is 31.5 Å². The number of sulfonamides is 1. The molecular weight excluding hydrogens is 254 g/mol. The van der Waals surface area contributed by atoms with Crippen molar-refractivity contribution in [2.45, 2.75) is 18.5 Å². The number of aryl methyl sites for hydroxylation is 1. The van der Waals surface area contributed by atoms with E-state index in [-0.39, 0.29) is 11.6 Å². The first-order valence-corrected chi connectivity index (χ1v) is 6.71. The maximum atomic E-state index is 12.2. The maximum absolute atomic E-state index is 12.2. The second-order valence-electron chi connectivity index (χ2n) is 3.81. The van der Waals surface area contributed by atoms with Gasteiger partial charge in [0.1, 0.15) is 5.76 Å². The topological polar surface area (TPSA) is 76.3 Å². The first-order valence-electron chi connectivity index (χ1n) is 5.27. The number of nitrogens with zero attached hydrogens (tertiary/aromatic N) is 3. The predicted octanol–water partition coefficient (Wildman–Crippen LogP) is 1.20. The second kappa shape index (κ2) is 4.87. The Morgan fingerprint density at radius 3 is 2.72 bits per heavy atom. The zero-order valence-electron chi connectivity index (χ0n) is 10.1. The molecule has 0 spiro atoms. The lowest BCUT2D eigenvalue weighted by molar-refractivity contribution is 0.456. The van der Waals surface area contributed by atoms with Crippen molar-refractivity contribution in [1.29, 1.82) is 0 Å². The zero-order valence-corrected chi connectivity index (χ0v) is 10.9. The SMILES string of the molecule is Cc1occc1CN(C)S(=O)(=O)c1cnccn1. The molecule has 0 radical (unpaired) electrons. The monoisotopic (exact) mass is 267 g/mol. The van der Waals surface area contributed by atoms with E-state index in [1.54, 1.807) is 13.0 Å². The Morgan fingerprint density at radius 1 is 1.39 bits per heavy atom. The van der Waals surface area contributed by atoms with Crippen LogP contribution in [-0.2, 0) is 16.6 Å². The van der Waals surface area contributed by atoms with Gasteiger partial charge in [0.25, 0.3) is 10.0 Å². The van der Waals surface area contributed by atoms with E-state index in [4.69, 9.17) is 4.42 Å². The third-order valence-electron chi connectivity index (χ3n) is 2.57. The molecule has 2 heterocycles. The molecule has 7 heteroatoms. The zero-order chi connectivity index (χ0) is 13.2. The van der Waals surface area contributed by atoms with Crippen molar-refractivity contribution in [3.63, 3.8) is 0 Å². The molecule has 6 nitrogen and oxygen atoms in total. The third-order valence-corrected chi connectivity index (χ3v) is 4.26. The minimum absolute atomic E-state index is 0.0614. The summed E-state index contributed by atoms with van der Waals surface area (Å²) in [7, 11) is -2.12. The van der Waals surface area contributed by atoms with Crippen LogP contribution in [0.5, 0.6) is 0 Å². The molecule has 0 bridgehead atoms. The van der Waals surface area contributed by atoms with E-state index in [2.05, 4.69) is 9.97 Å². The van der Waals surface area contributed by atoms with Gasteiger partial charge in [-0.25, -0.2) is 13.4 Å². The van der Waals surface area contributed by atoms with E-state index >= 15 is 0 Å². The lowest BCUT2D eigenvalue weighted by Gasteiger charge is -2.15. The Morgan fingerprint density at radius 2 is 2.17 bits per heavy atom. The molecule has 2 aromatic rings. The van der Waals surface area contributed by atoms with Crippen molar-refractivity contribution in [3.05, 3.63) is 42.2 Å². The minimum Gasteiger partial charge on any atom is -0.469 e. The van der Waals surface area contributed by atoms with Gasteiger partial charge in [0.05, 0.1) is 12.5 Å². The molecule has 18 heavy (non-hydrogen) atoms. The molecule has 2 rings (SSSR count). The third kappa shape index (κ3) is 2.41. The molecule has 96 valence electrons. The fraction of sp³-hybridized carbons (Fsp3) is 0.273. The summed E-state index contributed by atoms with van der Waals surface area (Å²) in [6.07, 6.45) is 5.55. The smallest absolute Gasteiger partial charge is 0.262 e. The minimum atomic E-state index is -3.61. The van der Waals surface area contributed by atoms with Crippen molar-refractivity contribution >= 4 is 10.0 Å². The molecule has 0 aliphatic rings. The highest BCUT2D eigenvalue weighted by molar-refractivity contribution is 7.89. The van der Waals surface area contributed by atoms with Crippen LogP contribution in [0, 0.1) is 6.92 Å². The molecule has 0 amide bonds. The Kier molecular flexibility index (Phi) is 3.44. The predicted molar refractivity (Wildman–Crippen MR) is 64.1 cm³/mol. The average molecular weight is 267 g/mol. The fourth-order valence-electron chi connectivity index (χ4n) is 1.48. The first kappa shape index (κ1) is 12.7. The second-order valence-corrected chi connectivity index (χ2v) is 5.80. The summed E-state index contributed by atoms with van der Waals surface area (Å²) in [4.78, 5) is 7.57. The van der Waals surface area contributed by atoms with Gasteiger partial charge in [-0.15, -0.1) is 0 Å². The summed E-state index contributed by atoms with van der Waals surface area (Å²) in [5.41, 5.74) is 0.824. The van der Waals surface area contributed by atoms with Crippen LogP contribution in [0.15, 0.2) is 40.4 Å². The first-order chi connectivity index (χ1) is 8.51. The van der Waals surface area contributed by atoms with Gasteiger partial charge < -0.3 is 4.42 Å². The summed E-state index contributed by atoms with van der Waals surface area (Å²) >= 11 is 0. The van der Waals surface area contributed by atoms with Crippen LogP contribution in [0.3, 0.4) is 0 Å². The van der Waals surface area contributed by atoms with Gasteiger partial charge in [-0.3, -0.25) is 4.98 Å². The Balaban J connectivity index is 2.24. The number of rotatable bonds is 4. The van der Waals surface area contributed by atoms with Crippen LogP contribution >= 0.6 is 0 Å². The molecule has 0 aliphatic heterocycles. The molecule has 0 aliphatic carbocycles. The Bertz CT molecular complexity index is 622. The molecule has 0 aromatic carbocycles. The molecule has 0 saturated carbocycles. The van der Waals surface area contributed by atoms with Gasteiger partial charge in [0.2, 0.25) is 0 Å². The van der Waals surface area contributed by atoms with E-state index in [0.29, 0.717) is 5.76 Å². The number of furan rings is 1. The van der Waals surface area contributed by atoms with E-state index in [1.165, 1.54) is 36.2 Å². The molecule has 0 unspecified atom stereocenters. The quantitative estimate of drug-likeness (QED) is 0.832. The maximum Gasteiger partial charge on any atom is 0.262 e. The highest BCUT2D eigenvalue weighted by Gasteiger charge is 2.23. The van der Waals surface area contributed by atoms with E-state index in [0.717, 1.165) is 5.56 Å². The fourth-order valence-corrected chi connectivity index (χ4v) is 2.49. The summed E-state index contributed by atoms with van der Waals surface area (Å²) < 4.78 is 30.7. The van der Waals surface area contributed by atoms with Gasteiger partial charge in [-0.2, -0.15) is 4.31 Å². The van der Waals surface area contributed by atoms with Crippen molar-refractivity contribution in [2.24, 2.45) is 0 Å². The highest BCUT2D eigenvalue weighted by atomic mass is 32.2. The van der Waals surface area contributed by atoms with Crippen LogP contribution in [-0.4, -0.2) is 29.7 Å². The standard InChI is InChI=1S/C11H13N3O3S/c1-9-10(3-6-17-9)8-14(2)18(15,16)11-7-12-4-5-13-11/h3-7H,8H2,1-2H3. The van der Waals surface area contributed by atoms with Crippen molar-refractivity contribution in [1.82, 2.24) is 14.3 Å². The van der Waals surface area contributed by atoms with Gasteiger partial charge >= 0.3 is 0 Å². The van der Waals surface area contributed by atoms with Gasteiger partial charge in [-0.1, -0.05) is 0 Å². The van der Waals surface area contributed by atoms with E-state index in [1.807, 2.05) is 0 Å². The van der Waals surface area contributed by atoms with Crippen LogP contribution < -0.4 is 0 Å². The van der Waals surface area contributed by atoms with Crippen LogP contribution in [0.2, 0.25) is 0 Å². The summed E-state index contributed by atoms with van der Waals surface area (Å²) in [5, 5.41) is -0.0614. The normalized spacial score (nSPS) is 11.9. The molecule has 0 saturated heterocycles. The van der Waals surface area contributed by atoms with Gasteiger partial charge in [0.15, 0.2) is 5.03 Å². The number of hydrogen-bond acceptors (Lipinski definition) is 5. The van der Waals surface area contributed by atoms with E-state index in [9.17, 15) is 8.42 Å². The van der Waals surface area contributed by atoms with E-state index < -0.39 is 10.0 Å². The molecule has 2 aromatic heterocycles. The highest BCUT2D eigenvalue weighted by Crippen LogP contribution is 2.16. The molecule has 0 atom stereocenters. The van der Waals surface area contributed by atoms with Crippen molar-refractivity contribution < 1.29 is 12.8 Å². The summed E-state index contributed by atoms with van der Waals surface area (Å²) in [5.74, 6) is 0.705. The van der Waals surface area contributed by atoms with Crippen molar-refractivity contribution in [3.8, 4) is 0 Å². The number of hydrogen-bond donors (Lipinski definition) is 0. The lowest BCUT2D eigenvalue weighted by atomic mass is 10.3. The summed E-state index contributed by atoms with van der Waals surface area (Å²) in [6.45, 7) is 2.03. The van der Waals surface area contributed by atoms with Crippen LogP contribution in [0.25, 0.3) is 0 Å². The molecule has 0 fully saturated rings. The Hall–Kier alpha value is -1.73. The lowest BCUT2D eigenvalue weighted by Crippen LogP contribution is -2.27. The Labute approximate surface area is 105 Å². The van der Waals surface area contributed by atoms with Crippen LogP contribution in [0.4, 0.5) is 0 Å². The van der Waals surface area contributed by atoms with Crippen molar-refractivity contribution in [2.75, 3.05) is 7.05 Å². The summed E-state index contributed by atoms with van der Waals surface area (Å²) in [6, 6.07) is 1.75. The van der Waals surface area contributed by atoms with Gasteiger partial charge in [-0.05, 0) is 13.0 Å². The molecule has 0 N–H and O–H groups in total. The average Bonchev–Trinajstić information content (AvgIpc) is 2.76. The number of aromatic nitrogens is 2.